The first kappa shape index (κ1) is 19.6. The summed E-state index contributed by atoms with van der Waals surface area (Å²) in [7, 11) is 0. The van der Waals surface area contributed by atoms with Crippen molar-refractivity contribution >= 4 is 47.8 Å². The van der Waals surface area contributed by atoms with Crippen LogP contribution in [-0.4, -0.2) is 31.0 Å². The first-order valence-electron chi connectivity index (χ1n) is 6.55. The van der Waals surface area contributed by atoms with Gasteiger partial charge in [0, 0.05) is 16.2 Å². The van der Waals surface area contributed by atoms with E-state index in [-0.39, 0.29) is 24.3 Å². The second-order valence-corrected chi connectivity index (χ2v) is 6.51. The molecule has 0 bridgehead atoms. The summed E-state index contributed by atoms with van der Waals surface area (Å²) in [5, 5.41) is 21.1. The lowest BCUT2D eigenvalue weighted by Crippen LogP contribution is -2.62. The molecule has 1 aromatic rings. The van der Waals surface area contributed by atoms with Crippen molar-refractivity contribution in [2.75, 3.05) is 19.1 Å². The Bertz CT molecular complexity index is 579. The molecule has 2 rings (SSSR count). The third-order valence-electron chi connectivity index (χ3n) is 3.35. The highest BCUT2D eigenvalue weighted by atomic mass is 35.5. The summed E-state index contributed by atoms with van der Waals surface area (Å²) < 4.78 is 5.80. The molecule has 1 aliphatic rings. The monoisotopic (exact) mass is 376 g/mol. The number of ether oxygens (including phenoxy) is 1. The Morgan fingerprint density at radius 3 is 2.26 bits per heavy atom. The van der Waals surface area contributed by atoms with E-state index >= 15 is 0 Å². The molecule has 7 nitrogen and oxygen atoms in total. The minimum Gasteiger partial charge on any atom is -0.493 e. The molecule has 0 atom stereocenters. The van der Waals surface area contributed by atoms with Gasteiger partial charge in [0.1, 0.15) is 11.4 Å². The van der Waals surface area contributed by atoms with Crippen LogP contribution in [0.5, 0.6) is 5.75 Å². The Balaban J connectivity index is 0.00000264. The van der Waals surface area contributed by atoms with Crippen LogP contribution in [0, 0.1) is 10.8 Å². The molecular weight excluding hydrogens is 356 g/mol. The fraction of sp³-hybridized carbons (Fsp3) is 0.385. The zero-order valence-electron chi connectivity index (χ0n) is 12.9. The molecule has 10 heteroatoms. The highest BCUT2D eigenvalue weighted by Gasteiger charge is 2.41. The molecule has 1 heterocycles. The molecule has 128 valence electrons. The van der Waals surface area contributed by atoms with E-state index in [2.05, 4.69) is 16.7 Å². The standard InChI is InChI=1S/C13H20N6OS2.ClH/c1-21-7-5-8-10(9(6-7)22-2)13(3-4-20-8,18-11(14)15)19-12(16)17;/h5-6H,3-4H2,1-2H3,(H4,14,15,18)(H4,16,17,19);1H. The van der Waals surface area contributed by atoms with E-state index in [0.717, 1.165) is 15.4 Å². The predicted molar refractivity (Wildman–Crippen MR) is 99.1 cm³/mol. The second-order valence-electron chi connectivity index (χ2n) is 4.78. The zero-order valence-corrected chi connectivity index (χ0v) is 15.3. The highest BCUT2D eigenvalue weighted by Crippen LogP contribution is 2.43. The maximum Gasteiger partial charge on any atom is 0.187 e. The van der Waals surface area contributed by atoms with E-state index < -0.39 is 5.66 Å². The smallest absolute Gasteiger partial charge is 0.187 e. The second kappa shape index (κ2) is 7.89. The van der Waals surface area contributed by atoms with Crippen molar-refractivity contribution in [3.05, 3.63) is 17.7 Å². The number of hydrogen-bond acceptors (Lipinski definition) is 5. The zero-order chi connectivity index (χ0) is 16.3. The lowest BCUT2D eigenvalue weighted by Gasteiger charge is -2.41. The normalized spacial score (nSPS) is 18.9. The van der Waals surface area contributed by atoms with Crippen LogP contribution in [0.1, 0.15) is 12.0 Å². The van der Waals surface area contributed by atoms with Crippen LogP contribution < -0.4 is 26.8 Å². The Morgan fingerprint density at radius 2 is 1.78 bits per heavy atom. The molecule has 23 heavy (non-hydrogen) atoms. The molecule has 0 saturated carbocycles. The molecule has 0 spiro atoms. The van der Waals surface area contributed by atoms with Gasteiger partial charge in [-0.1, -0.05) is 0 Å². The number of halogens is 1. The summed E-state index contributed by atoms with van der Waals surface area (Å²) in [6.45, 7) is 0.430. The molecule has 0 amide bonds. The average Bonchev–Trinajstić information content (AvgIpc) is 2.44. The molecule has 0 unspecified atom stereocenters. The number of hydrogen-bond donors (Lipinski definition) is 6. The van der Waals surface area contributed by atoms with Gasteiger partial charge in [0.15, 0.2) is 11.9 Å². The Kier molecular flexibility index (Phi) is 6.72. The van der Waals surface area contributed by atoms with Crippen LogP contribution >= 0.6 is 35.9 Å². The SMILES string of the molecule is CSc1cc2c(c(SC)c1)C(NC(=N)N)(NC(=N)N)CCO2.Cl. The number of nitrogens with one attached hydrogen (secondary N) is 4. The van der Waals surface area contributed by atoms with Gasteiger partial charge in [0.05, 0.1) is 12.2 Å². The first-order valence-corrected chi connectivity index (χ1v) is 9.00. The average molecular weight is 377 g/mol. The van der Waals surface area contributed by atoms with Crippen molar-refractivity contribution in [1.82, 2.24) is 10.6 Å². The van der Waals surface area contributed by atoms with Crippen LogP contribution in [0.15, 0.2) is 21.9 Å². The summed E-state index contributed by atoms with van der Waals surface area (Å²) in [5.74, 6) is 0.329. The largest absolute Gasteiger partial charge is 0.493 e. The quantitative estimate of drug-likeness (QED) is 0.203. The number of thioether (sulfide) groups is 2. The molecule has 0 saturated heterocycles. The maximum atomic E-state index is 7.61. The van der Waals surface area contributed by atoms with Crippen molar-refractivity contribution in [2.24, 2.45) is 11.5 Å². The van der Waals surface area contributed by atoms with Crippen molar-refractivity contribution in [3.8, 4) is 5.75 Å². The Labute approximate surface area is 150 Å². The molecule has 0 radical (unpaired) electrons. The maximum absolute atomic E-state index is 7.61. The van der Waals surface area contributed by atoms with Gasteiger partial charge in [-0.05, 0) is 24.6 Å². The van der Waals surface area contributed by atoms with Crippen molar-refractivity contribution < 1.29 is 4.74 Å². The minimum atomic E-state index is -0.916. The summed E-state index contributed by atoms with van der Waals surface area (Å²) in [4.78, 5) is 2.08. The van der Waals surface area contributed by atoms with E-state index in [1.165, 1.54) is 0 Å². The van der Waals surface area contributed by atoms with Crippen LogP contribution in [0.3, 0.4) is 0 Å². The van der Waals surface area contributed by atoms with Crippen LogP contribution in [0.4, 0.5) is 0 Å². The predicted octanol–water partition coefficient (Wildman–Crippen LogP) is 1.45. The summed E-state index contributed by atoms with van der Waals surface area (Å²) in [5.41, 5.74) is 11.0. The number of guanidine groups is 2. The third-order valence-corrected chi connectivity index (χ3v) is 4.82. The van der Waals surface area contributed by atoms with Gasteiger partial charge >= 0.3 is 0 Å². The number of nitrogens with two attached hydrogens (primary N) is 2. The fourth-order valence-corrected chi connectivity index (χ4v) is 3.82. The fourth-order valence-electron chi connectivity index (χ4n) is 2.56. The Hall–Kier alpha value is -1.45. The van der Waals surface area contributed by atoms with Crippen LogP contribution in [0.2, 0.25) is 0 Å². The summed E-state index contributed by atoms with van der Waals surface area (Å²) >= 11 is 3.20. The molecular formula is C13H21ClN6OS2. The van der Waals surface area contributed by atoms with Gasteiger partial charge < -0.3 is 26.8 Å². The van der Waals surface area contributed by atoms with Crippen LogP contribution in [0.25, 0.3) is 0 Å². The molecule has 1 aliphatic heterocycles. The molecule has 0 aromatic heterocycles. The summed E-state index contributed by atoms with van der Waals surface area (Å²) in [6, 6.07) is 4.01. The minimum absolute atomic E-state index is 0. The van der Waals surface area contributed by atoms with Gasteiger partial charge in [-0.3, -0.25) is 10.8 Å². The topological polar surface area (TPSA) is 133 Å². The van der Waals surface area contributed by atoms with Crippen molar-refractivity contribution in [2.45, 2.75) is 21.9 Å². The van der Waals surface area contributed by atoms with Gasteiger partial charge in [-0.25, -0.2) is 0 Å². The van der Waals surface area contributed by atoms with Gasteiger partial charge in [0.25, 0.3) is 0 Å². The van der Waals surface area contributed by atoms with Crippen LogP contribution in [-0.2, 0) is 5.66 Å². The molecule has 0 aliphatic carbocycles. The third kappa shape index (κ3) is 4.10. The van der Waals surface area contributed by atoms with E-state index in [1.54, 1.807) is 23.5 Å². The van der Waals surface area contributed by atoms with Crippen molar-refractivity contribution in [3.63, 3.8) is 0 Å². The Morgan fingerprint density at radius 1 is 1.17 bits per heavy atom. The number of benzene rings is 1. The van der Waals surface area contributed by atoms with E-state index in [9.17, 15) is 0 Å². The lowest BCUT2D eigenvalue weighted by atomic mass is 9.92. The number of rotatable bonds is 4. The first-order chi connectivity index (χ1) is 10.4. The van der Waals surface area contributed by atoms with Gasteiger partial charge in [0.2, 0.25) is 0 Å². The molecule has 1 aromatic carbocycles. The van der Waals surface area contributed by atoms with Crippen molar-refractivity contribution in [1.29, 1.82) is 10.8 Å². The van der Waals surface area contributed by atoms with E-state index in [0.29, 0.717) is 18.8 Å². The van der Waals surface area contributed by atoms with E-state index in [4.69, 9.17) is 27.0 Å². The summed E-state index contributed by atoms with van der Waals surface area (Å²) in [6.07, 6.45) is 4.47. The molecule has 0 fully saturated rings. The van der Waals surface area contributed by atoms with Gasteiger partial charge in [-0.15, -0.1) is 35.9 Å². The van der Waals surface area contributed by atoms with Gasteiger partial charge in [-0.2, -0.15) is 0 Å². The highest BCUT2D eigenvalue weighted by molar-refractivity contribution is 7.99. The lowest BCUT2D eigenvalue weighted by molar-refractivity contribution is 0.184. The number of fused-ring (bicyclic) bond motifs is 1. The molecule has 8 N–H and O–H groups in total. The van der Waals surface area contributed by atoms with E-state index in [1.807, 2.05) is 18.6 Å².